The molecule has 0 bridgehead atoms. The molecular weight excluding hydrogens is 340 g/mol. The summed E-state index contributed by atoms with van der Waals surface area (Å²) in [6.07, 6.45) is 2.61. The van der Waals surface area contributed by atoms with Gasteiger partial charge in [-0.25, -0.2) is 0 Å². The number of nitriles is 1. The Bertz CT molecular complexity index is 932. The molecule has 0 aliphatic rings. The standard InChI is InChI=1S/C21H24N4O2/c1-4-9-25-14(2)10-17(15(25)3)11-18(13-22)21(27)24-19-8-6-5-7-16(19)12-20(23)26/h5-8,10-11H,4,9,12H2,1-3H3,(H2,23,26)(H,24,27)/b18-11+. The molecule has 6 heteroatoms. The van der Waals surface area contributed by atoms with Gasteiger partial charge in [-0.05, 0) is 49.6 Å². The maximum Gasteiger partial charge on any atom is 0.266 e. The van der Waals surface area contributed by atoms with E-state index in [9.17, 15) is 14.9 Å². The van der Waals surface area contributed by atoms with E-state index >= 15 is 0 Å². The third-order valence-corrected chi connectivity index (χ3v) is 4.36. The minimum atomic E-state index is -0.519. The Hall–Kier alpha value is -3.33. The van der Waals surface area contributed by atoms with Gasteiger partial charge >= 0.3 is 0 Å². The first-order chi connectivity index (χ1) is 12.9. The summed E-state index contributed by atoms with van der Waals surface area (Å²) in [7, 11) is 0. The number of anilines is 1. The molecule has 0 saturated heterocycles. The first kappa shape index (κ1) is 20.0. The SMILES string of the molecule is CCCn1c(C)cc(/C=C(\C#N)C(=O)Nc2ccccc2CC(N)=O)c1C. The number of carbonyl (C=O) groups is 2. The average molecular weight is 364 g/mol. The van der Waals surface area contributed by atoms with Crippen LogP contribution in [0.25, 0.3) is 6.08 Å². The molecule has 27 heavy (non-hydrogen) atoms. The molecule has 2 amide bonds. The van der Waals surface area contributed by atoms with Gasteiger partial charge in [0.25, 0.3) is 5.91 Å². The van der Waals surface area contributed by atoms with Crippen LogP contribution in [0.3, 0.4) is 0 Å². The highest BCUT2D eigenvalue weighted by molar-refractivity contribution is 6.10. The minimum Gasteiger partial charge on any atom is -0.369 e. The van der Waals surface area contributed by atoms with E-state index < -0.39 is 11.8 Å². The fraction of sp³-hybridized carbons (Fsp3) is 0.286. The molecule has 1 aromatic carbocycles. The highest BCUT2D eigenvalue weighted by atomic mass is 16.2. The van der Waals surface area contributed by atoms with E-state index in [1.54, 1.807) is 30.3 Å². The Labute approximate surface area is 159 Å². The number of aromatic nitrogens is 1. The second-order valence-electron chi connectivity index (χ2n) is 6.40. The van der Waals surface area contributed by atoms with Crippen molar-refractivity contribution in [2.45, 2.75) is 40.2 Å². The van der Waals surface area contributed by atoms with E-state index in [1.807, 2.05) is 26.0 Å². The maximum atomic E-state index is 12.6. The van der Waals surface area contributed by atoms with E-state index in [4.69, 9.17) is 5.73 Å². The predicted octanol–water partition coefficient (Wildman–Crippen LogP) is 3.09. The molecule has 3 N–H and O–H groups in total. The van der Waals surface area contributed by atoms with Crippen LogP contribution in [-0.4, -0.2) is 16.4 Å². The summed E-state index contributed by atoms with van der Waals surface area (Å²) >= 11 is 0. The number of primary amides is 1. The molecule has 2 aromatic rings. The molecule has 0 aliphatic heterocycles. The van der Waals surface area contributed by atoms with Crippen molar-refractivity contribution in [2.75, 3.05) is 5.32 Å². The normalized spacial score (nSPS) is 11.1. The van der Waals surface area contributed by atoms with Gasteiger partial charge in [0, 0.05) is 23.6 Å². The van der Waals surface area contributed by atoms with Gasteiger partial charge in [0.1, 0.15) is 11.6 Å². The lowest BCUT2D eigenvalue weighted by Crippen LogP contribution is -2.18. The topological polar surface area (TPSA) is 101 Å². The van der Waals surface area contributed by atoms with Crippen LogP contribution in [0.4, 0.5) is 5.69 Å². The number of hydrogen-bond donors (Lipinski definition) is 2. The lowest BCUT2D eigenvalue weighted by molar-refractivity contribution is -0.117. The zero-order valence-electron chi connectivity index (χ0n) is 15.9. The molecule has 0 fully saturated rings. The van der Waals surface area contributed by atoms with Crippen LogP contribution >= 0.6 is 0 Å². The van der Waals surface area contributed by atoms with Gasteiger partial charge < -0.3 is 15.6 Å². The molecule has 0 saturated carbocycles. The molecule has 0 aliphatic carbocycles. The van der Waals surface area contributed by atoms with Crippen molar-refractivity contribution in [1.82, 2.24) is 4.57 Å². The van der Waals surface area contributed by atoms with E-state index in [-0.39, 0.29) is 12.0 Å². The van der Waals surface area contributed by atoms with Crippen LogP contribution in [-0.2, 0) is 22.6 Å². The Kier molecular flexibility index (Phi) is 6.56. The Morgan fingerprint density at radius 1 is 1.30 bits per heavy atom. The Morgan fingerprint density at radius 2 is 2.00 bits per heavy atom. The first-order valence-electron chi connectivity index (χ1n) is 8.83. The number of rotatable bonds is 7. The predicted molar refractivity (Wildman–Crippen MR) is 106 cm³/mol. The van der Waals surface area contributed by atoms with E-state index in [1.165, 1.54) is 0 Å². The number of carbonyl (C=O) groups excluding carboxylic acids is 2. The Balaban J connectivity index is 2.30. The number of aryl methyl sites for hydroxylation is 1. The number of benzene rings is 1. The third-order valence-electron chi connectivity index (χ3n) is 4.36. The zero-order valence-corrected chi connectivity index (χ0v) is 15.9. The quantitative estimate of drug-likeness (QED) is 0.583. The van der Waals surface area contributed by atoms with Gasteiger partial charge in [-0.15, -0.1) is 0 Å². The fourth-order valence-corrected chi connectivity index (χ4v) is 3.02. The summed E-state index contributed by atoms with van der Waals surface area (Å²) in [6, 6.07) is 10.8. The molecule has 2 rings (SSSR count). The van der Waals surface area contributed by atoms with Crippen molar-refractivity contribution < 1.29 is 9.59 Å². The molecule has 6 nitrogen and oxygen atoms in total. The monoisotopic (exact) mass is 364 g/mol. The number of nitrogens with one attached hydrogen (secondary N) is 1. The van der Waals surface area contributed by atoms with Crippen molar-refractivity contribution in [3.8, 4) is 6.07 Å². The van der Waals surface area contributed by atoms with Crippen LogP contribution in [0.1, 0.15) is 35.9 Å². The number of nitrogens with zero attached hydrogens (tertiary/aromatic N) is 2. The van der Waals surface area contributed by atoms with Gasteiger partial charge in [-0.2, -0.15) is 5.26 Å². The van der Waals surface area contributed by atoms with Gasteiger partial charge in [-0.1, -0.05) is 25.1 Å². The van der Waals surface area contributed by atoms with Crippen molar-refractivity contribution >= 4 is 23.6 Å². The summed E-state index contributed by atoms with van der Waals surface area (Å²) in [4.78, 5) is 23.8. The molecular formula is C21H24N4O2. The van der Waals surface area contributed by atoms with E-state index in [0.29, 0.717) is 11.3 Å². The smallest absolute Gasteiger partial charge is 0.266 e. The lowest BCUT2D eigenvalue weighted by Gasteiger charge is -2.09. The fourth-order valence-electron chi connectivity index (χ4n) is 3.02. The molecule has 0 radical (unpaired) electrons. The van der Waals surface area contributed by atoms with Crippen LogP contribution in [0.15, 0.2) is 35.9 Å². The van der Waals surface area contributed by atoms with Crippen molar-refractivity contribution in [3.05, 3.63) is 58.4 Å². The number of hydrogen-bond acceptors (Lipinski definition) is 3. The van der Waals surface area contributed by atoms with E-state index in [2.05, 4.69) is 16.8 Å². The number of nitrogens with two attached hydrogens (primary N) is 1. The average Bonchev–Trinajstić information content (AvgIpc) is 2.88. The van der Waals surface area contributed by atoms with E-state index in [0.717, 1.165) is 29.9 Å². The highest BCUT2D eigenvalue weighted by Crippen LogP contribution is 2.20. The number of para-hydroxylation sites is 1. The molecule has 0 spiro atoms. The second kappa shape index (κ2) is 8.86. The molecule has 0 unspecified atom stereocenters. The van der Waals surface area contributed by atoms with Crippen molar-refractivity contribution in [2.24, 2.45) is 5.73 Å². The summed E-state index contributed by atoms with van der Waals surface area (Å²) in [5.41, 5.74) is 9.28. The van der Waals surface area contributed by atoms with Gasteiger partial charge in [-0.3, -0.25) is 9.59 Å². The van der Waals surface area contributed by atoms with Crippen molar-refractivity contribution in [1.29, 1.82) is 5.26 Å². The molecule has 140 valence electrons. The highest BCUT2D eigenvalue weighted by Gasteiger charge is 2.14. The zero-order chi connectivity index (χ0) is 20.0. The van der Waals surface area contributed by atoms with Gasteiger partial charge in [0.15, 0.2) is 0 Å². The van der Waals surface area contributed by atoms with Crippen LogP contribution < -0.4 is 11.1 Å². The first-order valence-corrected chi connectivity index (χ1v) is 8.83. The summed E-state index contributed by atoms with van der Waals surface area (Å²) in [5.74, 6) is -1.01. The molecule has 1 heterocycles. The number of amides is 2. The van der Waals surface area contributed by atoms with Crippen LogP contribution in [0.2, 0.25) is 0 Å². The third kappa shape index (κ3) is 4.85. The van der Waals surface area contributed by atoms with Crippen molar-refractivity contribution in [3.63, 3.8) is 0 Å². The molecule has 0 atom stereocenters. The lowest BCUT2D eigenvalue weighted by atomic mass is 10.1. The Morgan fingerprint density at radius 3 is 2.63 bits per heavy atom. The van der Waals surface area contributed by atoms with Crippen LogP contribution in [0, 0.1) is 25.2 Å². The summed E-state index contributed by atoms with van der Waals surface area (Å²) in [5, 5.41) is 12.2. The summed E-state index contributed by atoms with van der Waals surface area (Å²) < 4.78 is 2.17. The van der Waals surface area contributed by atoms with Gasteiger partial charge in [0.2, 0.25) is 5.91 Å². The minimum absolute atomic E-state index is 0.000580. The summed E-state index contributed by atoms with van der Waals surface area (Å²) in [6.45, 7) is 6.97. The maximum absolute atomic E-state index is 12.6. The molecule has 1 aromatic heterocycles. The second-order valence-corrected chi connectivity index (χ2v) is 6.40. The van der Waals surface area contributed by atoms with Crippen LogP contribution in [0.5, 0.6) is 0 Å². The van der Waals surface area contributed by atoms with Gasteiger partial charge in [0.05, 0.1) is 6.42 Å². The largest absolute Gasteiger partial charge is 0.369 e.